The minimum Gasteiger partial charge on any atom is -0.303 e. The lowest BCUT2D eigenvalue weighted by Gasteiger charge is -2.23. The molecular weight excluding hydrogens is 273 g/mol. The van der Waals surface area contributed by atoms with E-state index >= 15 is 0 Å². The van der Waals surface area contributed by atoms with Crippen LogP contribution in [-0.4, -0.2) is 0 Å². The maximum atomic E-state index is 13.3. The van der Waals surface area contributed by atoms with Gasteiger partial charge in [-0.05, 0) is 48.7 Å². The van der Waals surface area contributed by atoms with Crippen molar-refractivity contribution in [1.82, 2.24) is 5.32 Å². The molecule has 3 heteroatoms. The molecule has 0 aliphatic rings. The topological polar surface area (TPSA) is 12.0 Å². The number of hydrogen-bond acceptors (Lipinski definition) is 1. The molecule has 0 bridgehead atoms. The van der Waals surface area contributed by atoms with E-state index in [0.29, 0.717) is 0 Å². The van der Waals surface area contributed by atoms with Gasteiger partial charge in [0, 0.05) is 17.1 Å². The Morgan fingerprint density at radius 3 is 2.45 bits per heavy atom. The van der Waals surface area contributed by atoms with E-state index < -0.39 is 0 Å². The first-order valence-corrected chi connectivity index (χ1v) is 7.25. The molecule has 2 aromatic carbocycles. The van der Waals surface area contributed by atoms with Crippen LogP contribution in [0.5, 0.6) is 0 Å². The predicted molar refractivity (Wildman–Crippen MR) is 82.4 cm³/mol. The molecule has 0 aromatic heterocycles. The monoisotopic (exact) mass is 291 g/mol. The third kappa shape index (κ3) is 3.81. The van der Waals surface area contributed by atoms with Crippen molar-refractivity contribution in [1.29, 1.82) is 0 Å². The summed E-state index contributed by atoms with van der Waals surface area (Å²) in [5, 5.41) is 4.27. The van der Waals surface area contributed by atoms with Gasteiger partial charge in [0.05, 0.1) is 0 Å². The summed E-state index contributed by atoms with van der Waals surface area (Å²) in [6, 6.07) is 14.8. The SMILES string of the molecule is CCC(N[C@H](C)c1cccc(F)c1)c1cccc(Cl)c1. The number of rotatable bonds is 5. The van der Waals surface area contributed by atoms with E-state index in [1.165, 1.54) is 6.07 Å². The number of nitrogens with one attached hydrogen (secondary N) is 1. The van der Waals surface area contributed by atoms with E-state index in [1.807, 2.05) is 31.2 Å². The molecule has 0 aliphatic heterocycles. The van der Waals surface area contributed by atoms with Crippen molar-refractivity contribution >= 4 is 11.6 Å². The van der Waals surface area contributed by atoms with Gasteiger partial charge in [-0.1, -0.05) is 42.8 Å². The van der Waals surface area contributed by atoms with Gasteiger partial charge in [0.2, 0.25) is 0 Å². The van der Waals surface area contributed by atoms with Crippen LogP contribution in [0.1, 0.15) is 43.5 Å². The highest BCUT2D eigenvalue weighted by Crippen LogP contribution is 2.24. The first-order valence-electron chi connectivity index (χ1n) is 6.87. The average molecular weight is 292 g/mol. The molecule has 20 heavy (non-hydrogen) atoms. The molecule has 0 radical (unpaired) electrons. The van der Waals surface area contributed by atoms with Gasteiger partial charge in [-0.25, -0.2) is 4.39 Å². The largest absolute Gasteiger partial charge is 0.303 e. The fourth-order valence-corrected chi connectivity index (χ4v) is 2.55. The smallest absolute Gasteiger partial charge is 0.123 e. The molecule has 0 spiro atoms. The Hall–Kier alpha value is -1.38. The molecular formula is C17H19ClFN. The Kier molecular flexibility index (Phi) is 5.16. The second-order valence-corrected chi connectivity index (χ2v) is 5.40. The van der Waals surface area contributed by atoms with Gasteiger partial charge >= 0.3 is 0 Å². The average Bonchev–Trinajstić information content (AvgIpc) is 2.44. The highest BCUT2D eigenvalue weighted by Gasteiger charge is 2.14. The van der Waals surface area contributed by atoms with Gasteiger partial charge in [-0.2, -0.15) is 0 Å². The molecule has 106 valence electrons. The molecule has 2 rings (SSSR count). The second kappa shape index (κ2) is 6.87. The van der Waals surface area contributed by atoms with Crippen molar-refractivity contribution in [2.24, 2.45) is 0 Å². The number of halogens is 2. The van der Waals surface area contributed by atoms with Crippen LogP contribution in [0.4, 0.5) is 4.39 Å². The molecule has 0 heterocycles. The molecule has 0 fully saturated rings. The maximum absolute atomic E-state index is 13.3. The summed E-state index contributed by atoms with van der Waals surface area (Å²) in [5.41, 5.74) is 2.11. The van der Waals surface area contributed by atoms with Gasteiger partial charge in [-0.15, -0.1) is 0 Å². The quantitative estimate of drug-likeness (QED) is 0.790. The van der Waals surface area contributed by atoms with Crippen molar-refractivity contribution in [2.45, 2.75) is 32.4 Å². The van der Waals surface area contributed by atoms with Crippen LogP contribution >= 0.6 is 11.6 Å². The van der Waals surface area contributed by atoms with Crippen molar-refractivity contribution in [2.75, 3.05) is 0 Å². The minimum absolute atomic E-state index is 0.0784. The Bertz CT molecular complexity index is 570. The number of hydrogen-bond donors (Lipinski definition) is 1. The Labute approximate surface area is 124 Å². The van der Waals surface area contributed by atoms with E-state index in [-0.39, 0.29) is 17.9 Å². The van der Waals surface area contributed by atoms with E-state index in [2.05, 4.69) is 18.3 Å². The van der Waals surface area contributed by atoms with Crippen molar-refractivity contribution in [3.05, 3.63) is 70.5 Å². The van der Waals surface area contributed by atoms with Crippen LogP contribution < -0.4 is 5.32 Å². The van der Waals surface area contributed by atoms with Crippen molar-refractivity contribution in [3.63, 3.8) is 0 Å². The van der Waals surface area contributed by atoms with Crippen molar-refractivity contribution < 1.29 is 4.39 Å². The van der Waals surface area contributed by atoms with Gasteiger partial charge in [0.15, 0.2) is 0 Å². The standard InChI is InChI=1S/C17H19ClFN/c1-3-17(14-7-4-8-15(18)10-14)20-12(2)13-6-5-9-16(19)11-13/h4-12,17,20H,3H2,1-2H3/t12-,17?/m1/s1. The third-order valence-electron chi connectivity index (χ3n) is 3.46. The molecule has 1 unspecified atom stereocenters. The first-order chi connectivity index (χ1) is 9.60. The fraction of sp³-hybridized carbons (Fsp3) is 0.294. The number of benzene rings is 2. The van der Waals surface area contributed by atoms with Crippen LogP contribution in [0.15, 0.2) is 48.5 Å². The van der Waals surface area contributed by atoms with Gasteiger partial charge in [0.25, 0.3) is 0 Å². The van der Waals surface area contributed by atoms with Crippen LogP contribution in [0.3, 0.4) is 0 Å². The van der Waals surface area contributed by atoms with E-state index in [0.717, 1.165) is 22.6 Å². The second-order valence-electron chi connectivity index (χ2n) is 4.96. The summed E-state index contributed by atoms with van der Waals surface area (Å²) in [4.78, 5) is 0. The molecule has 1 N–H and O–H groups in total. The Morgan fingerprint density at radius 1 is 1.10 bits per heavy atom. The zero-order chi connectivity index (χ0) is 14.5. The summed E-state index contributed by atoms with van der Waals surface area (Å²) in [5.74, 6) is -0.202. The predicted octanol–water partition coefficient (Wildman–Crippen LogP) is 5.28. The van der Waals surface area contributed by atoms with Gasteiger partial charge in [-0.3, -0.25) is 0 Å². The van der Waals surface area contributed by atoms with Crippen LogP contribution in [0, 0.1) is 5.82 Å². The maximum Gasteiger partial charge on any atom is 0.123 e. The summed E-state index contributed by atoms with van der Waals surface area (Å²) in [6.07, 6.45) is 0.944. The molecule has 0 saturated heterocycles. The highest BCUT2D eigenvalue weighted by atomic mass is 35.5. The van der Waals surface area contributed by atoms with E-state index in [1.54, 1.807) is 12.1 Å². The van der Waals surface area contributed by atoms with Gasteiger partial charge < -0.3 is 5.32 Å². The van der Waals surface area contributed by atoms with Crippen LogP contribution in [0.25, 0.3) is 0 Å². The molecule has 2 atom stereocenters. The lowest BCUT2D eigenvalue weighted by Crippen LogP contribution is -2.24. The molecule has 0 aliphatic carbocycles. The zero-order valence-corrected chi connectivity index (χ0v) is 12.5. The summed E-state index contributed by atoms with van der Waals surface area (Å²) in [7, 11) is 0. The normalized spacial score (nSPS) is 14.0. The van der Waals surface area contributed by atoms with Crippen molar-refractivity contribution in [3.8, 4) is 0 Å². The van der Waals surface area contributed by atoms with Gasteiger partial charge in [0.1, 0.15) is 5.82 Å². The molecule has 0 saturated carbocycles. The van der Waals surface area contributed by atoms with E-state index in [4.69, 9.17) is 11.6 Å². The summed E-state index contributed by atoms with van der Waals surface area (Å²) < 4.78 is 13.3. The molecule has 2 aromatic rings. The minimum atomic E-state index is -0.202. The highest BCUT2D eigenvalue weighted by molar-refractivity contribution is 6.30. The fourth-order valence-electron chi connectivity index (χ4n) is 2.35. The molecule has 1 nitrogen and oxygen atoms in total. The van der Waals surface area contributed by atoms with Crippen LogP contribution in [0.2, 0.25) is 5.02 Å². The summed E-state index contributed by atoms with van der Waals surface area (Å²) >= 11 is 6.04. The summed E-state index contributed by atoms with van der Waals surface area (Å²) in [6.45, 7) is 4.17. The third-order valence-corrected chi connectivity index (χ3v) is 3.69. The first kappa shape index (κ1) is 15.0. The lowest BCUT2D eigenvalue weighted by atomic mass is 10.0. The molecule has 0 amide bonds. The van der Waals surface area contributed by atoms with Crippen LogP contribution in [-0.2, 0) is 0 Å². The Morgan fingerprint density at radius 2 is 1.80 bits per heavy atom. The lowest BCUT2D eigenvalue weighted by molar-refractivity contribution is 0.455. The Balaban J connectivity index is 2.14. The van der Waals surface area contributed by atoms with E-state index in [9.17, 15) is 4.39 Å². The zero-order valence-electron chi connectivity index (χ0n) is 11.7.